The van der Waals surface area contributed by atoms with Gasteiger partial charge in [-0.15, -0.1) is 0 Å². The second-order valence-electron chi connectivity index (χ2n) is 21.6. The monoisotopic (exact) mass is 1060 g/mol. The predicted molar refractivity (Wildman–Crippen MR) is 279 cm³/mol. The Labute approximate surface area is 432 Å². The van der Waals surface area contributed by atoms with Crippen LogP contribution in [0.1, 0.15) is 119 Å². The van der Waals surface area contributed by atoms with Gasteiger partial charge in [0, 0.05) is 55.0 Å². The zero-order valence-electron chi connectivity index (χ0n) is 44.0. The molecular formula is C52H77FN8O10S2. The molecule has 0 radical (unpaired) electrons. The number of nitrogens with zero attached hydrogens (tertiary/aromatic N) is 4. The van der Waals surface area contributed by atoms with Crippen LogP contribution < -0.4 is 30.8 Å². The minimum Gasteiger partial charge on any atom is -0.489 e. The molecule has 4 heterocycles. The molecule has 21 heteroatoms. The quantitative estimate of drug-likeness (QED) is 0.0604. The van der Waals surface area contributed by atoms with Gasteiger partial charge in [0.15, 0.2) is 10.1 Å². The Balaban J connectivity index is 0.000000262. The van der Waals surface area contributed by atoms with Crippen molar-refractivity contribution in [1.29, 1.82) is 0 Å². The number of nitrogens with two attached hydrogens (primary N) is 3. The highest BCUT2D eigenvalue weighted by Gasteiger charge is 2.43. The Morgan fingerprint density at radius 1 is 0.671 bits per heavy atom. The highest BCUT2D eigenvalue weighted by Crippen LogP contribution is 2.37. The number of carbonyl (C=O) groups excluding carboxylic acids is 2. The van der Waals surface area contributed by atoms with Crippen LogP contribution in [0.4, 0.5) is 19.8 Å². The number of sulfonamides is 2. The largest absolute Gasteiger partial charge is 0.489 e. The summed E-state index contributed by atoms with van der Waals surface area (Å²) < 4.78 is 81.4. The second kappa shape index (κ2) is 25.6. The van der Waals surface area contributed by atoms with Crippen LogP contribution >= 0.6 is 0 Å². The highest BCUT2D eigenvalue weighted by atomic mass is 32.2. The molecule has 2 fully saturated rings. The van der Waals surface area contributed by atoms with E-state index in [2.05, 4.69) is 43.0 Å². The number of primary sulfonamides is 2. The van der Waals surface area contributed by atoms with Crippen molar-refractivity contribution in [2.75, 3.05) is 31.5 Å². The fraction of sp³-hybridized carbons (Fsp3) is 0.538. The number of nitrogens with one attached hydrogen (secondary N) is 1. The average Bonchev–Trinajstić information content (AvgIpc) is 3.77. The first-order valence-corrected chi connectivity index (χ1v) is 27.5. The minimum absolute atomic E-state index is 0.0559. The second-order valence-corrected chi connectivity index (χ2v) is 24.6. The summed E-state index contributed by atoms with van der Waals surface area (Å²) >= 11 is 0. The zero-order chi connectivity index (χ0) is 54.4. The van der Waals surface area contributed by atoms with Crippen LogP contribution in [0.5, 0.6) is 11.5 Å². The highest BCUT2D eigenvalue weighted by molar-refractivity contribution is 7.89. The Kier molecular flexibility index (Phi) is 21.0. The van der Waals surface area contributed by atoms with Crippen molar-refractivity contribution in [3.8, 4) is 11.5 Å². The van der Waals surface area contributed by atoms with E-state index >= 15 is 0 Å². The van der Waals surface area contributed by atoms with Crippen molar-refractivity contribution >= 4 is 38.1 Å². The fourth-order valence-electron chi connectivity index (χ4n) is 8.41. The number of likely N-dealkylation sites (tertiary alicyclic amines) is 2. The summed E-state index contributed by atoms with van der Waals surface area (Å²) in [4.78, 5) is 35.9. The van der Waals surface area contributed by atoms with Crippen molar-refractivity contribution in [1.82, 2.24) is 19.8 Å². The van der Waals surface area contributed by atoms with Gasteiger partial charge in [0.05, 0.1) is 0 Å². The molecule has 18 nitrogen and oxygen atoms in total. The number of rotatable bonds is 16. The smallest absolute Gasteiger partial charge is 0.410 e. The van der Waals surface area contributed by atoms with E-state index in [-0.39, 0.29) is 40.6 Å². The molecule has 2 saturated heterocycles. The van der Waals surface area contributed by atoms with Gasteiger partial charge in [-0.1, -0.05) is 60.7 Å². The van der Waals surface area contributed by atoms with Gasteiger partial charge in [0.1, 0.15) is 41.7 Å². The van der Waals surface area contributed by atoms with Gasteiger partial charge in [-0.05, 0) is 137 Å². The van der Waals surface area contributed by atoms with Gasteiger partial charge in [0.25, 0.3) is 20.0 Å². The lowest BCUT2D eigenvalue weighted by Gasteiger charge is -2.33. The number of hydrogen-bond donors (Lipinski definition) is 4. The van der Waals surface area contributed by atoms with Crippen LogP contribution in [0, 0.1) is 17.8 Å². The van der Waals surface area contributed by atoms with E-state index in [0.717, 1.165) is 74.9 Å². The van der Waals surface area contributed by atoms with Crippen LogP contribution in [0.15, 0.2) is 95.0 Å². The summed E-state index contributed by atoms with van der Waals surface area (Å²) in [6.07, 6.45) is 5.31. The number of carbonyl (C=O) groups is 2. The molecule has 2 aliphatic heterocycles. The first-order valence-electron chi connectivity index (χ1n) is 24.4. The molecule has 0 unspecified atom stereocenters. The molecule has 2 aromatic carbocycles. The van der Waals surface area contributed by atoms with E-state index < -0.39 is 42.2 Å². The number of aromatic nitrogens is 2. The van der Waals surface area contributed by atoms with Gasteiger partial charge in [0.2, 0.25) is 5.95 Å². The summed E-state index contributed by atoms with van der Waals surface area (Å²) in [5.41, 5.74) is 6.04. The van der Waals surface area contributed by atoms with Gasteiger partial charge in [-0.3, -0.25) is 0 Å². The minimum atomic E-state index is -4.06. The Morgan fingerprint density at radius 3 is 1.49 bits per heavy atom. The van der Waals surface area contributed by atoms with Gasteiger partial charge >= 0.3 is 12.2 Å². The molecule has 2 aromatic heterocycles. The molecular weight excluding hydrogens is 980 g/mol. The third kappa shape index (κ3) is 20.7. The molecule has 4 aromatic rings. The molecule has 2 aliphatic rings. The lowest BCUT2D eigenvalue weighted by Crippen LogP contribution is -2.45. The number of halogens is 1. The standard InChI is InChI=1S/C26H38N4O5S.C14H28N2O2.C12H11FN2O3S/c1-25(2,3)35-24(31)30-17-20(16-26(30,4)5)12-9-13-28-22-14-21(15-23(29-22)36(27,32)33)34-18-19-10-7-6-8-11-19;1-13(2,3)18-12(17)16-10-11(7-6-8-15)9-14(16,4)5;13-11-6-10(7-12(15-11)19(14,16)17)18-8-9-4-2-1-3-5-9/h6-8,10-11,14-15,20H,9,12-13,16-18H2,1-5H3,(H,28,29)(H2,27,32,33);11H,6-10,15H2,1-5H3;1-7H,8H2,(H2,14,16,17)/t20-;11-;/m00./s1. The molecule has 0 aliphatic carbocycles. The number of anilines is 1. The Morgan fingerprint density at radius 2 is 1.08 bits per heavy atom. The Bertz CT molecular complexity index is 2650. The Hall–Kier alpha value is -5.61. The van der Waals surface area contributed by atoms with Gasteiger partial charge in [-0.25, -0.2) is 46.7 Å². The first-order chi connectivity index (χ1) is 33.8. The summed E-state index contributed by atoms with van der Waals surface area (Å²) in [6, 6.07) is 23.9. The van der Waals surface area contributed by atoms with Gasteiger partial charge in [-0.2, -0.15) is 4.39 Å². The van der Waals surface area contributed by atoms with Crippen LogP contribution in [0.3, 0.4) is 0 Å². The summed E-state index contributed by atoms with van der Waals surface area (Å²) in [7, 11) is -8.06. The van der Waals surface area contributed by atoms with E-state index in [1.54, 1.807) is 6.07 Å². The van der Waals surface area contributed by atoms with Crippen LogP contribution in [-0.2, 0) is 42.7 Å². The molecule has 2 amide bonds. The maximum Gasteiger partial charge on any atom is 0.410 e. The zero-order valence-corrected chi connectivity index (χ0v) is 45.7. The van der Waals surface area contributed by atoms with E-state index in [0.29, 0.717) is 43.1 Å². The fourth-order valence-corrected chi connectivity index (χ4v) is 9.41. The van der Waals surface area contributed by atoms with Gasteiger partial charge < -0.3 is 39.8 Å². The molecule has 0 bridgehead atoms. The predicted octanol–water partition coefficient (Wildman–Crippen LogP) is 8.74. The molecule has 73 heavy (non-hydrogen) atoms. The van der Waals surface area contributed by atoms with Crippen molar-refractivity contribution in [3.05, 3.63) is 102 Å². The molecule has 0 spiro atoms. The molecule has 404 valence electrons. The summed E-state index contributed by atoms with van der Waals surface area (Å²) in [6.45, 7) is 22.9. The third-order valence-electron chi connectivity index (χ3n) is 11.7. The first kappa shape index (κ1) is 59.9. The number of benzene rings is 2. The van der Waals surface area contributed by atoms with E-state index in [1.807, 2.05) is 112 Å². The maximum absolute atomic E-state index is 13.2. The van der Waals surface area contributed by atoms with Crippen molar-refractivity contribution < 1.29 is 49.8 Å². The average molecular weight is 1060 g/mol. The number of pyridine rings is 2. The normalized spacial score (nSPS) is 17.3. The van der Waals surface area contributed by atoms with Crippen molar-refractivity contribution in [2.24, 2.45) is 27.8 Å². The number of hydrogen-bond acceptors (Lipinski definition) is 14. The summed E-state index contributed by atoms with van der Waals surface area (Å²) in [5, 5.41) is 12.6. The lowest BCUT2D eigenvalue weighted by molar-refractivity contribution is 0.0118. The van der Waals surface area contributed by atoms with Crippen molar-refractivity contribution in [3.63, 3.8) is 0 Å². The van der Waals surface area contributed by atoms with Crippen LogP contribution in [0.2, 0.25) is 0 Å². The van der Waals surface area contributed by atoms with Crippen molar-refractivity contribution in [2.45, 2.75) is 153 Å². The molecule has 2 atom stereocenters. The van der Waals surface area contributed by atoms with Crippen LogP contribution in [0.25, 0.3) is 0 Å². The van der Waals surface area contributed by atoms with Crippen LogP contribution in [-0.4, -0.2) is 97.2 Å². The van der Waals surface area contributed by atoms with E-state index in [1.165, 1.54) is 6.07 Å². The molecule has 7 N–H and O–H groups in total. The number of ether oxygens (including phenoxy) is 4. The maximum atomic E-state index is 13.2. The number of amides is 2. The van der Waals surface area contributed by atoms with E-state index in [4.69, 9.17) is 35.0 Å². The van der Waals surface area contributed by atoms with E-state index in [9.17, 15) is 30.8 Å². The molecule has 6 rings (SSSR count). The SMILES string of the molecule is CC(C)(C)OC(=O)N1C[C@@H](CCCN)CC1(C)C.CC(C)(C)OC(=O)N1C[C@@H](CCCNc2cc(OCc3ccccc3)cc(S(N)(=O)=O)n2)CC1(C)C.NS(=O)(=O)c1cc(OCc2ccccc2)cc(F)n1. The summed E-state index contributed by atoms with van der Waals surface area (Å²) in [5.74, 6) is 0.742. The lowest BCUT2D eigenvalue weighted by atomic mass is 9.93. The topological polar surface area (TPSA) is 262 Å². The third-order valence-corrected chi connectivity index (χ3v) is 13.2. The molecule has 0 saturated carbocycles.